The van der Waals surface area contributed by atoms with Crippen LogP contribution in [0.3, 0.4) is 0 Å². The molecule has 1 aliphatic heterocycles. The minimum absolute atomic E-state index is 0. The van der Waals surface area contributed by atoms with Crippen LogP contribution in [0.25, 0.3) is 0 Å². The average Bonchev–Trinajstić information content (AvgIpc) is 2.14. The number of methoxy groups -OCH3 is 1. The molecule has 2 N–H and O–H groups in total. The van der Waals surface area contributed by atoms with Gasteiger partial charge in [-0.05, 0) is 12.1 Å². The van der Waals surface area contributed by atoms with Gasteiger partial charge in [0.1, 0.15) is 11.4 Å². The van der Waals surface area contributed by atoms with Gasteiger partial charge in [0.25, 0.3) is 0 Å². The molecule has 0 amide bonds. The lowest BCUT2D eigenvalue weighted by Gasteiger charge is -2.38. The van der Waals surface area contributed by atoms with Gasteiger partial charge in [-0.3, -0.25) is 0 Å². The Morgan fingerprint density at radius 1 is 1.47 bits per heavy atom. The summed E-state index contributed by atoms with van der Waals surface area (Å²) in [5, 5.41) is 13.2. The number of nitrogens with one attached hydrogen (secondary N) is 1. The maximum Gasteiger partial charge on any atom is 0.126 e. The Kier molecular flexibility index (Phi) is 4.00. The van der Waals surface area contributed by atoms with E-state index in [2.05, 4.69) is 21.2 Å². The lowest BCUT2D eigenvalue weighted by atomic mass is 9.87. The van der Waals surface area contributed by atoms with Crippen molar-refractivity contribution in [2.45, 2.75) is 5.60 Å². The van der Waals surface area contributed by atoms with E-state index in [1.165, 1.54) is 0 Å². The van der Waals surface area contributed by atoms with Crippen molar-refractivity contribution in [3.63, 3.8) is 0 Å². The van der Waals surface area contributed by atoms with Crippen LogP contribution < -0.4 is 10.1 Å². The van der Waals surface area contributed by atoms with Crippen molar-refractivity contribution in [3.05, 3.63) is 28.2 Å². The fraction of sp³-hybridized carbons (Fsp3) is 0.400. The average molecular weight is 295 g/mol. The van der Waals surface area contributed by atoms with Gasteiger partial charge in [-0.2, -0.15) is 0 Å². The van der Waals surface area contributed by atoms with Crippen molar-refractivity contribution in [2.75, 3.05) is 20.2 Å². The highest BCUT2D eigenvalue weighted by Crippen LogP contribution is 2.34. The molecule has 1 heterocycles. The Hall–Kier alpha value is -0.290. The molecule has 0 unspecified atom stereocenters. The van der Waals surface area contributed by atoms with Gasteiger partial charge < -0.3 is 15.2 Å². The molecule has 5 heteroatoms. The van der Waals surface area contributed by atoms with Crippen molar-refractivity contribution < 1.29 is 9.84 Å². The number of β-amino-alcohol motifs (C(OH)–C–C–N with tert-alkyl or cyclic N) is 1. The molecule has 3 nitrogen and oxygen atoms in total. The van der Waals surface area contributed by atoms with E-state index in [1.54, 1.807) is 7.11 Å². The highest BCUT2D eigenvalue weighted by Gasteiger charge is 2.38. The molecule has 15 heavy (non-hydrogen) atoms. The van der Waals surface area contributed by atoms with Crippen LogP contribution in [0.4, 0.5) is 0 Å². The van der Waals surface area contributed by atoms with Crippen molar-refractivity contribution in [3.8, 4) is 5.75 Å². The zero-order valence-corrected chi connectivity index (χ0v) is 10.7. The van der Waals surface area contributed by atoms with Gasteiger partial charge in [0, 0.05) is 23.1 Å². The van der Waals surface area contributed by atoms with E-state index in [1.807, 2.05) is 18.2 Å². The van der Waals surface area contributed by atoms with Crippen molar-refractivity contribution in [1.29, 1.82) is 0 Å². The molecular weight excluding hydrogens is 281 g/mol. The quantitative estimate of drug-likeness (QED) is 0.872. The van der Waals surface area contributed by atoms with E-state index in [-0.39, 0.29) is 12.4 Å². The third kappa shape index (κ3) is 2.28. The molecule has 1 aromatic carbocycles. The summed E-state index contributed by atoms with van der Waals surface area (Å²) in [7, 11) is 1.61. The largest absolute Gasteiger partial charge is 0.496 e. The van der Waals surface area contributed by atoms with Gasteiger partial charge in [0.05, 0.1) is 7.11 Å². The number of hydrogen-bond acceptors (Lipinski definition) is 3. The smallest absolute Gasteiger partial charge is 0.126 e. The first-order chi connectivity index (χ1) is 6.65. The van der Waals surface area contributed by atoms with Gasteiger partial charge in [-0.1, -0.05) is 22.0 Å². The van der Waals surface area contributed by atoms with Crippen LogP contribution in [0.1, 0.15) is 5.56 Å². The second-order valence-corrected chi connectivity index (χ2v) is 4.40. The number of rotatable bonds is 2. The predicted octanol–water partition coefficient (Wildman–Crippen LogP) is 1.67. The minimum atomic E-state index is -0.758. The summed E-state index contributed by atoms with van der Waals surface area (Å²) in [4.78, 5) is 0. The third-order valence-corrected chi connectivity index (χ3v) is 2.99. The molecule has 0 atom stereocenters. The molecule has 1 aliphatic rings. The summed E-state index contributed by atoms with van der Waals surface area (Å²) >= 11 is 3.37. The highest BCUT2D eigenvalue weighted by molar-refractivity contribution is 9.10. The lowest BCUT2D eigenvalue weighted by molar-refractivity contribution is -0.0165. The molecule has 1 fully saturated rings. The van der Waals surface area contributed by atoms with E-state index < -0.39 is 5.60 Å². The van der Waals surface area contributed by atoms with Crippen LogP contribution in [-0.4, -0.2) is 25.3 Å². The fourth-order valence-corrected chi connectivity index (χ4v) is 1.94. The van der Waals surface area contributed by atoms with E-state index in [9.17, 15) is 5.11 Å². The first kappa shape index (κ1) is 12.8. The summed E-state index contributed by atoms with van der Waals surface area (Å²) < 4.78 is 6.18. The predicted molar refractivity (Wildman–Crippen MR) is 64.7 cm³/mol. The molecule has 0 aliphatic carbocycles. The third-order valence-electron chi connectivity index (χ3n) is 2.50. The molecule has 0 saturated carbocycles. The Bertz CT molecular complexity index is 355. The topological polar surface area (TPSA) is 41.5 Å². The first-order valence-corrected chi connectivity index (χ1v) is 5.22. The maximum absolute atomic E-state index is 10.1. The molecule has 0 radical (unpaired) electrons. The van der Waals surface area contributed by atoms with E-state index in [4.69, 9.17) is 4.74 Å². The summed E-state index contributed by atoms with van der Waals surface area (Å²) in [6, 6.07) is 5.67. The monoisotopic (exact) mass is 293 g/mol. The highest BCUT2D eigenvalue weighted by atomic mass is 79.9. The molecular formula is C10H13BrClNO2. The van der Waals surface area contributed by atoms with Crippen LogP contribution in [-0.2, 0) is 5.60 Å². The van der Waals surface area contributed by atoms with Gasteiger partial charge in [0.2, 0.25) is 0 Å². The van der Waals surface area contributed by atoms with Crippen LogP contribution in [0.2, 0.25) is 0 Å². The second-order valence-electron chi connectivity index (χ2n) is 3.48. The van der Waals surface area contributed by atoms with Crippen LogP contribution >= 0.6 is 28.3 Å². The van der Waals surface area contributed by atoms with E-state index in [0.717, 1.165) is 15.8 Å². The fourth-order valence-electron chi connectivity index (χ4n) is 1.60. The van der Waals surface area contributed by atoms with Crippen LogP contribution in [0, 0.1) is 0 Å². The van der Waals surface area contributed by atoms with Gasteiger partial charge in [-0.25, -0.2) is 0 Å². The second kappa shape index (κ2) is 4.70. The Labute approximate surface area is 103 Å². The molecule has 0 aromatic heterocycles. The molecule has 2 rings (SSSR count). The van der Waals surface area contributed by atoms with Crippen molar-refractivity contribution in [1.82, 2.24) is 5.32 Å². The molecule has 0 spiro atoms. The summed E-state index contributed by atoms with van der Waals surface area (Å²) in [6.07, 6.45) is 0. The van der Waals surface area contributed by atoms with Crippen LogP contribution in [0.5, 0.6) is 5.75 Å². The van der Waals surface area contributed by atoms with E-state index in [0.29, 0.717) is 13.1 Å². The minimum Gasteiger partial charge on any atom is -0.496 e. The summed E-state index contributed by atoms with van der Waals surface area (Å²) in [5.41, 5.74) is 0.0911. The molecule has 84 valence electrons. The normalized spacial score (nSPS) is 17.5. The van der Waals surface area contributed by atoms with Gasteiger partial charge >= 0.3 is 0 Å². The lowest BCUT2D eigenvalue weighted by Crippen LogP contribution is -2.56. The molecule has 1 saturated heterocycles. The molecule has 1 aromatic rings. The van der Waals surface area contributed by atoms with Crippen molar-refractivity contribution in [2.24, 2.45) is 0 Å². The summed E-state index contributed by atoms with van der Waals surface area (Å²) in [6.45, 7) is 1.18. The number of halogens is 2. The Balaban J connectivity index is 0.00000112. The molecule has 0 bridgehead atoms. The van der Waals surface area contributed by atoms with Crippen molar-refractivity contribution >= 4 is 28.3 Å². The number of benzene rings is 1. The zero-order chi connectivity index (χ0) is 10.2. The number of aliphatic hydroxyl groups is 1. The van der Waals surface area contributed by atoms with E-state index >= 15 is 0 Å². The standard InChI is InChI=1S/C10H12BrNO2.ClH/c1-14-9-4-7(11)2-3-8(9)10(13)5-12-6-10;/h2-4,12-13H,5-6H2,1H3;1H. The van der Waals surface area contributed by atoms with Gasteiger partial charge in [0.15, 0.2) is 0 Å². The number of ether oxygens (including phenoxy) is 1. The Morgan fingerprint density at radius 2 is 2.13 bits per heavy atom. The van der Waals surface area contributed by atoms with Crippen LogP contribution in [0.15, 0.2) is 22.7 Å². The summed E-state index contributed by atoms with van der Waals surface area (Å²) in [5.74, 6) is 0.725. The SMILES string of the molecule is COc1cc(Br)ccc1C1(O)CNC1.Cl. The number of hydrogen-bond donors (Lipinski definition) is 2. The maximum atomic E-state index is 10.1. The zero-order valence-electron chi connectivity index (χ0n) is 8.29. The van der Waals surface area contributed by atoms with Gasteiger partial charge in [-0.15, -0.1) is 12.4 Å². The first-order valence-electron chi connectivity index (χ1n) is 4.43. The Morgan fingerprint density at radius 3 is 2.60 bits per heavy atom.